The van der Waals surface area contributed by atoms with E-state index in [-0.39, 0.29) is 5.91 Å². The Labute approximate surface area is 130 Å². The van der Waals surface area contributed by atoms with Crippen molar-refractivity contribution in [2.24, 2.45) is 0 Å². The summed E-state index contributed by atoms with van der Waals surface area (Å²) >= 11 is 1.52. The number of thiazole rings is 1. The molecule has 1 aliphatic rings. The SMILES string of the molecule is COCCN(C(C)=O)c1nc(CN2CCNC[C@H]2C)cs1. The first-order chi connectivity index (χ1) is 10.1. The van der Waals surface area contributed by atoms with Crippen LogP contribution in [0.3, 0.4) is 0 Å². The molecule has 1 aromatic rings. The van der Waals surface area contributed by atoms with Gasteiger partial charge in [0.25, 0.3) is 0 Å². The minimum Gasteiger partial charge on any atom is -0.383 e. The minimum atomic E-state index is 0.00323. The summed E-state index contributed by atoms with van der Waals surface area (Å²) < 4.78 is 5.05. The van der Waals surface area contributed by atoms with Gasteiger partial charge in [0.15, 0.2) is 5.13 Å². The lowest BCUT2D eigenvalue weighted by molar-refractivity contribution is -0.116. The summed E-state index contributed by atoms with van der Waals surface area (Å²) in [5.74, 6) is 0.00323. The molecule has 0 unspecified atom stereocenters. The smallest absolute Gasteiger partial charge is 0.225 e. The molecule has 1 aliphatic heterocycles. The summed E-state index contributed by atoms with van der Waals surface area (Å²) in [6.07, 6.45) is 0. The summed E-state index contributed by atoms with van der Waals surface area (Å²) in [4.78, 5) is 20.4. The Morgan fingerprint density at radius 2 is 2.48 bits per heavy atom. The topological polar surface area (TPSA) is 57.7 Å². The van der Waals surface area contributed by atoms with Gasteiger partial charge in [0.05, 0.1) is 18.8 Å². The quantitative estimate of drug-likeness (QED) is 0.847. The second kappa shape index (κ2) is 7.84. The van der Waals surface area contributed by atoms with Gasteiger partial charge in [-0.2, -0.15) is 0 Å². The molecule has 1 amide bonds. The Morgan fingerprint density at radius 1 is 1.67 bits per heavy atom. The second-order valence-corrected chi connectivity index (χ2v) is 6.15. The van der Waals surface area contributed by atoms with Gasteiger partial charge in [0.2, 0.25) is 5.91 Å². The van der Waals surface area contributed by atoms with Crippen molar-refractivity contribution in [3.8, 4) is 0 Å². The Bertz CT molecular complexity index is 466. The van der Waals surface area contributed by atoms with Gasteiger partial charge in [-0.25, -0.2) is 4.98 Å². The molecule has 0 radical (unpaired) electrons. The third-order valence-electron chi connectivity index (χ3n) is 3.67. The fraction of sp³-hybridized carbons (Fsp3) is 0.714. The fourth-order valence-corrected chi connectivity index (χ4v) is 3.28. The normalized spacial score (nSPS) is 19.7. The summed E-state index contributed by atoms with van der Waals surface area (Å²) in [7, 11) is 1.64. The maximum Gasteiger partial charge on any atom is 0.225 e. The summed E-state index contributed by atoms with van der Waals surface area (Å²) in [5, 5.41) is 6.20. The van der Waals surface area contributed by atoms with Crippen LogP contribution in [-0.4, -0.2) is 61.7 Å². The number of amides is 1. The number of nitrogens with one attached hydrogen (secondary N) is 1. The average molecular weight is 312 g/mol. The van der Waals surface area contributed by atoms with E-state index in [1.807, 2.05) is 5.38 Å². The first-order valence-corrected chi connectivity index (χ1v) is 8.16. The lowest BCUT2D eigenvalue weighted by Crippen LogP contribution is -2.49. The van der Waals surface area contributed by atoms with Crippen molar-refractivity contribution in [1.82, 2.24) is 15.2 Å². The van der Waals surface area contributed by atoms with Crippen LogP contribution in [0.5, 0.6) is 0 Å². The molecule has 2 rings (SSSR count). The highest BCUT2D eigenvalue weighted by molar-refractivity contribution is 7.14. The van der Waals surface area contributed by atoms with Crippen LogP contribution in [0.25, 0.3) is 0 Å². The van der Waals surface area contributed by atoms with Gasteiger partial charge < -0.3 is 10.1 Å². The summed E-state index contributed by atoms with van der Waals surface area (Å²) in [6, 6.07) is 0.515. The molecule has 0 spiro atoms. The Hall–Kier alpha value is -1.02. The van der Waals surface area contributed by atoms with Crippen molar-refractivity contribution in [2.75, 3.05) is 44.8 Å². The summed E-state index contributed by atoms with van der Waals surface area (Å²) in [6.45, 7) is 8.77. The van der Waals surface area contributed by atoms with Gasteiger partial charge in [-0.15, -0.1) is 11.3 Å². The van der Waals surface area contributed by atoms with Crippen molar-refractivity contribution in [3.63, 3.8) is 0 Å². The number of rotatable bonds is 6. The molecule has 0 aromatic carbocycles. The first-order valence-electron chi connectivity index (χ1n) is 7.28. The molecule has 1 aromatic heterocycles. The summed E-state index contributed by atoms with van der Waals surface area (Å²) in [5.41, 5.74) is 1.03. The molecule has 1 N–H and O–H groups in total. The van der Waals surface area contributed by atoms with Crippen molar-refractivity contribution in [1.29, 1.82) is 0 Å². The lowest BCUT2D eigenvalue weighted by Gasteiger charge is -2.33. The Balaban J connectivity index is 2.00. The standard InChI is InChI=1S/C14H24N4O2S/c1-11-8-15-4-5-17(11)9-13-10-21-14(16-13)18(12(2)19)6-7-20-3/h10-11,15H,4-9H2,1-3H3/t11-/m1/s1. The van der Waals surface area contributed by atoms with E-state index in [1.54, 1.807) is 18.9 Å². The van der Waals surface area contributed by atoms with Gasteiger partial charge in [-0.05, 0) is 6.92 Å². The number of carbonyl (C=O) groups excluding carboxylic acids is 1. The van der Waals surface area contributed by atoms with Gasteiger partial charge in [-0.1, -0.05) is 0 Å². The number of nitrogens with zero attached hydrogens (tertiary/aromatic N) is 3. The Morgan fingerprint density at radius 3 is 3.14 bits per heavy atom. The van der Waals surface area contributed by atoms with Crippen LogP contribution >= 0.6 is 11.3 Å². The molecule has 21 heavy (non-hydrogen) atoms. The van der Waals surface area contributed by atoms with Crippen LogP contribution in [0.1, 0.15) is 19.5 Å². The fourth-order valence-electron chi connectivity index (χ4n) is 2.39. The van der Waals surface area contributed by atoms with Crippen LogP contribution in [0, 0.1) is 0 Å². The first kappa shape index (κ1) is 16.4. The largest absolute Gasteiger partial charge is 0.383 e. The lowest BCUT2D eigenvalue weighted by atomic mass is 10.2. The van der Waals surface area contributed by atoms with E-state index in [0.717, 1.165) is 37.0 Å². The highest BCUT2D eigenvalue weighted by atomic mass is 32.1. The molecular formula is C14H24N4O2S. The van der Waals surface area contributed by atoms with Gasteiger partial charge in [-0.3, -0.25) is 14.6 Å². The predicted octanol–water partition coefficient (Wildman–Crippen LogP) is 0.936. The van der Waals surface area contributed by atoms with Crippen LogP contribution in [-0.2, 0) is 16.1 Å². The van der Waals surface area contributed by atoms with Crippen LogP contribution in [0.15, 0.2) is 5.38 Å². The van der Waals surface area contributed by atoms with Crippen molar-refractivity contribution < 1.29 is 9.53 Å². The van der Waals surface area contributed by atoms with Crippen LogP contribution in [0.2, 0.25) is 0 Å². The average Bonchev–Trinajstić information content (AvgIpc) is 2.90. The third-order valence-corrected chi connectivity index (χ3v) is 4.59. The molecule has 1 atom stereocenters. The molecule has 0 saturated carbocycles. The molecule has 0 bridgehead atoms. The Kier molecular flexibility index (Phi) is 6.10. The van der Waals surface area contributed by atoms with Crippen LogP contribution < -0.4 is 10.2 Å². The number of carbonyl (C=O) groups is 1. The van der Waals surface area contributed by atoms with E-state index >= 15 is 0 Å². The van der Waals surface area contributed by atoms with E-state index < -0.39 is 0 Å². The van der Waals surface area contributed by atoms with Gasteiger partial charge in [0, 0.05) is 51.6 Å². The monoisotopic (exact) mass is 312 g/mol. The highest BCUT2D eigenvalue weighted by Crippen LogP contribution is 2.22. The van der Waals surface area contributed by atoms with Crippen molar-refractivity contribution in [2.45, 2.75) is 26.4 Å². The molecule has 1 fully saturated rings. The van der Waals surface area contributed by atoms with E-state index in [0.29, 0.717) is 19.2 Å². The molecule has 0 aliphatic carbocycles. The van der Waals surface area contributed by atoms with E-state index in [2.05, 4.69) is 22.1 Å². The highest BCUT2D eigenvalue weighted by Gasteiger charge is 2.20. The zero-order valence-electron chi connectivity index (χ0n) is 13.0. The zero-order valence-corrected chi connectivity index (χ0v) is 13.8. The number of anilines is 1. The van der Waals surface area contributed by atoms with E-state index in [1.165, 1.54) is 11.3 Å². The molecule has 118 valence electrons. The molecule has 7 heteroatoms. The van der Waals surface area contributed by atoms with Crippen molar-refractivity contribution in [3.05, 3.63) is 11.1 Å². The number of hydrogen-bond donors (Lipinski definition) is 1. The number of piperazine rings is 1. The zero-order chi connectivity index (χ0) is 15.2. The number of aromatic nitrogens is 1. The molecule has 6 nitrogen and oxygen atoms in total. The minimum absolute atomic E-state index is 0.00323. The van der Waals surface area contributed by atoms with Gasteiger partial charge in [0.1, 0.15) is 0 Å². The molecule has 1 saturated heterocycles. The number of ether oxygens (including phenoxy) is 1. The van der Waals surface area contributed by atoms with Crippen molar-refractivity contribution >= 4 is 22.4 Å². The third kappa shape index (κ3) is 4.47. The maximum atomic E-state index is 11.7. The van der Waals surface area contributed by atoms with Gasteiger partial charge >= 0.3 is 0 Å². The molecular weight excluding hydrogens is 288 g/mol. The molecule has 2 heterocycles. The number of methoxy groups -OCH3 is 1. The number of hydrogen-bond acceptors (Lipinski definition) is 6. The maximum absolute atomic E-state index is 11.7. The van der Waals surface area contributed by atoms with E-state index in [4.69, 9.17) is 4.74 Å². The predicted molar refractivity (Wildman–Crippen MR) is 84.8 cm³/mol. The van der Waals surface area contributed by atoms with E-state index in [9.17, 15) is 4.79 Å². The second-order valence-electron chi connectivity index (χ2n) is 5.31. The van der Waals surface area contributed by atoms with Crippen LogP contribution in [0.4, 0.5) is 5.13 Å².